The molecule has 2 saturated carbocycles. The number of carbonyl (C=O) groups is 2. The molecule has 0 saturated heterocycles. The Kier molecular flexibility index (Phi) is 3.00. The minimum Gasteiger partial charge on any atom is -0.304 e. The van der Waals surface area contributed by atoms with E-state index in [0.717, 1.165) is 34.1 Å². The first-order valence-electron chi connectivity index (χ1n) is 7.71. The van der Waals surface area contributed by atoms with Crippen LogP contribution in [0.2, 0.25) is 0 Å². The highest BCUT2D eigenvalue weighted by Crippen LogP contribution is 2.49. The van der Waals surface area contributed by atoms with Crippen molar-refractivity contribution in [2.24, 2.45) is 17.8 Å². The second-order valence-electron chi connectivity index (χ2n) is 6.80. The van der Waals surface area contributed by atoms with Crippen LogP contribution in [0.25, 0.3) is 0 Å². The fourth-order valence-corrected chi connectivity index (χ4v) is 5.19. The highest BCUT2D eigenvalue weighted by Gasteiger charge is 2.44. The van der Waals surface area contributed by atoms with Crippen LogP contribution in [0.5, 0.6) is 0 Å². The average Bonchev–Trinajstić information content (AvgIpc) is 3.10. The number of aryl methyl sites for hydroxylation is 1. The number of anilines is 1. The molecule has 2 fully saturated rings. The van der Waals surface area contributed by atoms with Gasteiger partial charge < -0.3 is 4.90 Å². The van der Waals surface area contributed by atoms with E-state index in [0.29, 0.717) is 11.5 Å². The first kappa shape index (κ1) is 13.5. The van der Waals surface area contributed by atoms with E-state index in [2.05, 4.69) is 15.9 Å². The van der Waals surface area contributed by atoms with Crippen LogP contribution in [0.3, 0.4) is 0 Å². The van der Waals surface area contributed by atoms with Crippen molar-refractivity contribution in [3.63, 3.8) is 0 Å². The van der Waals surface area contributed by atoms with Gasteiger partial charge in [0, 0.05) is 11.0 Å². The maximum absolute atomic E-state index is 12.4. The zero-order chi connectivity index (χ0) is 14.7. The van der Waals surface area contributed by atoms with Gasteiger partial charge in [-0.05, 0) is 61.6 Å². The second-order valence-corrected chi connectivity index (χ2v) is 7.71. The minimum atomic E-state index is -0.349. The number of hydrogen-bond donors (Lipinski definition) is 0. The van der Waals surface area contributed by atoms with E-state index in [1.807, 2.05) is 13.0 Å². The van der Waals surface area contributed by atoms with Gasteiger partial charge in [0.25, 0.3) is 11.7 Å². The van der Waals surface area contributed by atoms with Crippen molar-refractivity contribution in [2.45, 2.75) is 32.6 Å². The highest BCUT2D eigenvalue weighted by atomic mass is 79.9. The van der Waals surface area contributed by atoms with Crippen LogP contribution in [-0.2, 0) is 4.79 Å². The van der Waals surface area contributed by atoms with E-state index in [4.69, 9.17) is 0 Å². The third-order valence-electron chi connectivity index (χ3n) is 5.52. The summed E-state index contributed by atoms with van der Waals surface area (Å²) in [6.45, 7) is 2.70. The van der Waals surface area contributed by atoms with Crippen molar-refractivity contribution in [2.75, 3.05) is 11.4 Å². The molecule has 21 heavy (non-hydrogen) atoms. The number of carbonyl (C=O) groups excluding carboxylic acids is 2. The number of nitrogens with zero attached hydrogens (tertiary/aromatic N) is 1. The fourth-order valence-electron chi connectivity index (χ4n) is 4.61. The normalized spacial score (nSPS) is 30.4. The van der Waals surface area contributed by atoms with Gasteiger partial charge in [0.15, 0.2) is 0 Å². The lowest BCUT2D eigenvalue weighted by molar-refractivity contribution is -0.114. The van der Waals surface area contributed by atoms with Gasteiger partial charge in [0.1, 0.15) is 0 Å². The largest absolute Gasteiger partial charge is 0.304 e. The summed E-state index contributed by atoms with van der Waals surface area (Å²) >= 11 is 3.42. The van der Waals surface area contributed by atoms with Gasteiger partial charge >= 0.3 is 0 Å². The Balaban J connectivity index is 1.68. The van der Waals surface area contributed by atoms with Crippen molar-refractivity contribution >= 4 is 33.3 Å². The standard InChI is InChI=1S/C17H18BrNO2/c1-9-4-13(18)7-14-15(9)19(17(21)16(14)20)8-12-6-10-2-3-11(12)5-10/h4,7,10-12H,2-3,5-6,8H2,1H3. The average molecular weight is 348 g/mol. The SMILES string of the molecule is Cc1cc(Br)cc2c1N(CC1CC3CCC1C3)C(=O)C2=O. The summed E-state index contributed by atoms with van der Waals surface area (Å²) in [5, 5.41) is 0. The number of halogens is 1. The number of Topliss-reactive ketones (excluding diaryl/α,β-unsaturated/α-hetero) is 1. The lowest BCUT2D eigenvalue weighted by Gasteiger charge is -2.27. The van der Waals surface area contributed by atoms with Crippen LogP contribution in [0.1, 0.15) is 41.6 Å². The molecule has 1 amide bonds. The highest BCUT2D eigenvalue weighted by molar-refractivity contribution is 9.10. The minimum absolute atomic E-state index is 0.339. The summed E-state index contributed by atoms with van der Waals surface area (Å²) in [5.74, 6) is 1.51. The molecule has 3 nitrogen and oxygen atoms in total. The molecule has 1 aromatic carbocycles. The number of rotatable bonds is 2. The summed E-state index contributed by atoms with van der Waals surface area (Å²) in [4.78, 5) is 26.4. The Labute approximate surface area is 132 Å². The molecular weight excluding hydrogens is 330 g/mol. The molecule has 4 rings (SSSR count). The number of amides is 1. The summed E-state index contributed by atoms with van der Waals surface area (Å²) < 4.78 is 0.863. The molecular formula is C17H18BrNO2. The zero-order valence-corrected chi connectivity index (χ0v) is 13.6. The summed E-state index contributed by atoms with van der Waals surface area (Å²) in [6, 6.07) is 3.77. The molecule has 0 spiro atoms. The van der Waals surface area contributed by atoms with E-state index >= 15 is 0 Å². The molecule has 1 aromatic rings. The lowest BCUT2D eigenvalue weighted by Crippen LogP contribution is -2.36. The van der Waals surface area contributed by atoms with Gasteiger partial charge in [0.05, 0.1) is 11.3 Å². The molecule has 4 heteroatoms. The van der Waals surface area contributed by atoms with Crippen LogP contribution < -0.4 is 4.90 Å². The Morgan fingerprint density at radius 1 is 1.24 bits per heavy atom. The maximum Gasteiger partial charge on any atom is 0.299 e. The molecule has 0 N–H and O–H groups in total. The van der Waals surface area contributed by atoms with Crippen molar-refractivity contribution in [1.29, 1.82) is 0 Å². The summed E-state index contributed by atoms with van der Waals surface area (Å²) in [7, 11) is 0. The Bertz CT molecular complexity index is 654. The molecule has 110 valence electrons. The van der Waals surface area contributed by atoms with Crippen molar-refractivity contribution in [3.05, 3.63) is 27.7 Å². The monoisotopic (exact) mass is 347 g/mol. The van der Waals surface area contributed by atoms with Gasteiger partial charge in [-0.25, -0.2) is 0 Å². The van der Waals surface area contributed by atoms with Crippen LogP contribution in [0, 0.1) is 24.7 Å². The summed E-state index contributed by atoms with van der Waals surface area (Å²) in [5.41, 5.74) is 2.41. The predicted octanol–water partition coefficient (Wildman–Crippen LogP) is 3.72. The van der Waals surface area contributed by atoms with Gasteiger partial charge in [-0.15, -0.1) is 0 Å². The Morgan fingerprint density at radius 2 is 2.05 bits per heavy atom. The Hall–Kier alpha value is -1.16. The van der Waals surface area contributed by atoms with Crippen LogP contribution in [-0.4, -0.2) is 18.2 Å². The van der Waals surface area contributed by atoms with E-state index in [-0.39, 0.29) is 11.7 Å². The molecule has 2 bridgehead atoms. The molecule has 0 radical (unpaired) electrons. The molecule has 1 heterocycles. The number of hydrogen-bond acceptors (Lipinski definition) is 2. The van der Waals surface area contributed by atoms with Crippen molar-refractivity contribution < 1.29 is 9.59 Å². The first-order chi connectivity index (χ1) is 10.0. The zero-order valence-electron chi connectivity index (χ0n) is 12.1. The molecule has 3 unspecified atom stereocenters. The second kappa shape index (κ2) is 4.67. The van der Waals surface area contributed by atoms with E-state index < -0.39 is 0 Å². The first-order valence-corrected chi connectivity index (χ1v) is 8.50. The van der Waals surface area contributed by atoms with Crippen LogP contribution in [0.4, 0.5) is 5.69 Å². The van der Waals surface area contributed by atoms with E-state index in [9.17, 15) is 9.59 Å². The topological polar surface area (TPSA) is 37.4 Å². The fraction of sp³-hybridized carbons (Fsp3) is 0.529. The molecule has 1 aliphatic heterocycles. The van der Waals surface area contributed by atoms with E-state index in [1.165, 1.54) is 25.7 Å². The van der Waals surface area contributed by atoms with E-state index in [1.54, 1.807) is 11.0 Å². The molecule has 0 aromatic heterocycles. The molecule has 3 atom stereocenters. The smallest absolute Gasteiger partial charge is 0.299 e. The lowest BCUT2D eigenvalue weighted by atomic mass is 9.88. The van der Waals surface area contributed by atoms with Crippen molar-refractivity contribution in [3.8, 4) is 0 Å². The molecule has 2 aliphatic carbocycles. The maximum atomic E-state index is 12.4. The third kappa shape index (κ3) is 1.99. The van der Waals surface area contributed by atoms with Crippen molar-refractivity contribution in [1.82, 2.24) is 0 Å². The van der Waals surface area contributed by atoms with Gasteiger partial charge in [-0.3, -0.25) is 9.59 Å². The van der Waals surface area contributed by atoms with Gasteiger partial charge in [0.2, 0.25) is 0 Å². The number of benzene rings is 1. The predicted molar refractivity (Wildman–Crippen MR) is 84.5 cm³/mol. The quantitative estimate of drug-likeness (QED) is 0.764. The number of fused-ring (bicyclic) bond motifs is 3. The summed E-state index contributed by atoms with van der Waals surface area (Å²) in [6.07, 6.45) is 5.22. The Morgan fingerprint density at radius 3 is 2.71 bits per heavy atom. The van der Waals surface area contributed by atoms with Crippen LogP contribution in [0.15, 0.2) is 16.6 Å². The third-order valence-corrected chi connectivity index (χ3v) is 5.98. The van der Waals surface area contributed by atoms with Gasteiger partial charge in [-0.2, -0.15) is 0 Å². The molecule has 3 aliphatic rings. The van der Waals surface area contributed by atoms with Gasteiger partial charge in [-0.1, -0.05) is 22.4 Å². The number of ketones is 1. The van der Waals surface area contributed by atoms with Crippen LogP contribution >= 0.6 is 15.9 Å².